The molecule has 0 fully saturated rings. The second kappa shape index (κ2) is 8.54. The summed E-state index contributed by atoms with van der Waals surface area (Å²) in [5.41, 5.74) is 7.45. The van der Waals surface area contributed by atoms with Crippen LogP contribution in [0.15, 0.2) is 12.1 Å². The predicted octanol–water partition coefficient (Wildman–Crippen LogP) is -0.973. The normalized spacial score (nSPS) is 16.2. The van der Waals surface area contributed by atoms with Crippen molar-refractivity contribution < 1.29 is 24.0 Å². The molecule has 7 nitrogen and oxygen atoms in total. The highest BCUT2D eigenvalue weighted by Gasteiger charge is 2.24. The van der Waals surface area contributed by atoms with Crippen LogP contribution in [0.5, 0.6) is 11.5 Å². The lowest BCUT2D eigenvalue weighted by Gasteiger charge is -2.26. The standard InChI is InChI=1S/C17H25N3O4/c1-3-23-14-7-12-5-6-20(11-17(22)19-9-16(18)21)10-13(12)8-15(14)24-4-2/h7-8H,3-6,9-11H2,1-2H3,(H2,18,21)(H,19,22)/p+1. The first-order chi connectivity index (χ1) is 11.5. The van der Waals surface area contributed by atoms with Crippen molar-refractivity contribution in [3.8, 4) is 11.5 Å². The maximum atomic E-state index is 11.9. The van der Waals surface area contributed by atoms with Gasteiger partial charge in [-0.2, -0.15) is 0 Å². The molecule has 1 aliphatic rings. The third-order valence-corrected chi connectivity index (χ3v) is 3.92. The van der Waals surface area contributed by atoms with Gasteiger partial charge in [0.25, 0.3) is 5.91 Å². The Morgan fingerprint density at radius 2 is 1.79 bits per heavy atom. The number of fused-ring (bicyclic) bond motifs is 1. The summed E-state index contributed by atoms with van der Waals surface area (Å²) in [4.78, 5) is 23.7. The van der Waals surface area contributed by atoms with Gasteiger partial charge in [-0.3, -0.25) is 9.59 Å². The number of carbonyl (C=O) groups is 2. The molecule has 1 aromatic carbocycles. The number of hydrogen-bond donors (Lipinski definition) is 3. The van der Waals surface area contributed by atoms with E-state index in [2.05, 4.69) is 5.32 Å². The Morgan fingerprint density at radius 1 is 1.17 bits per heavy atom. The molecule has 0 radical (unpaired) electrons. The molecule has 2 rings (SSSR count). The van der Waals surface area contributed by atoms with Gasteiger partial charge < -0.3 is 25.4 Å². The van der Waals surface area contributed by atoms with Crippen LogP contribution in [0.2, 0.25) is 0 Å². The quantitative estimate of drug-likeness (QED) is 0.569. The molecule has 1 aromatic rings. The van der Waals surface area contributed by atoms with Crippen molar-refractivity contribution >= 4 is 11.8 Å². The van der Waals surface area contributed by atoms with E-state index in [0.717, 1.165) is 35.9 Å². The minimum atomic E-state index is -0.535. The third-order valence-electron chi connectivity index (χ3n) is 3.92. The lowest BCUT2D eigenvalue weighted by atomic mass is 9.99. The summed E-state index contributed by atoms with van der Waals surface area (Å²) < 4.78 is 11.3. The second-order valence-corrected chi connectivity index (χ2v) is 5.78. The number of benzene rings is 1. The van der Waals surface area contributed by atoms with Gasteiger partial charge in [0, 0.05) is 12.0 Å². The van der Waals surface area contributed by atoms with Gasteiger partial charge in [0.15, 0.2) is 18.0 Å². The van der Waals surface area contributed by atoms with Crippen LogP contribution in [0, 0.1) is 0 Å². The van der Waals surface area contributed by atoms with Gasteiger partial charge in [0.2, 0.25) is 5.91 Å². The summed E-state index contributed by atoms with van der Waals surface area (Å²) in [6.07, 6.45) is 0.875. The van der Waals surface area contributed by atoms with Gasteiger partial charge in [-0.25, -0.2) is 0 Å². The third kappa shape index (κ3) is 4.86. The van der Waals surface area contributed by atoms with Gasteiger partial charge in [0.05, 0.1) is 26.3 Å². The fourth-order valence-corrected chi connectivity index (χ4v) is 2.87. The Hall–Kier alpha value is -2.28. The maximum absolute atomic E-state index is 11.9. The first-order valence-electron chi connectivity index (χ1n) is 8.33. The number of primary amides is 1. The first kappa shape index (κ1) is 18.1. The minimum absolute atomic E-state index is 0.116. The predicted molar refractivity (Wildman–Crippen MR) is 89.1 cm³/mol. The molecule has 0 bridgehead atoms. The summed E-state index contributed by atoms with van der Waals surface area (Å²) >= 11 is 0. The summed E-state index contributed by atoms with van der Waals surface area (Å²) in [7, 11) is 0. The lowest BCUT2D eigenvalue weighted by Crippen LogP contribution is -3.12. The van der Waals surface area contributed by atoms with Gasteiger partial charge in [-0.05, 0) is 31.5 Å². The molecule has 0 saturated carbocycles. The Labute approximate surface area is 142 Å². The van der Waals surface area contributed by atoms with Gasteiger partial charge in [0.1, 0.15) is 6.54 Å². The fraction of sp³-hybridized carbons (Fsp3) is 0.529. The fourth-order valence-electron chi connectivity index (χ4n) is 2.87. The van der Waals surface area contributed by atoms with E-state index in [1.165, 1.54) is 11.1 Å². The van der Waals surface area contributed by atoms with Crippen molar-refractivity contribution in [1.82, 2.24) is 5.32 Å². The van der Waals surface area contributed by atoms with E-state index < -0.39 is 5.91 Å². The molecule has 0 saturated heterocycles. The van der Waals surface area contributed by atoms with Crippen LogP contribution in [-0.4, -0.2) is 44.7 Å². The molecule has 4 N–H and O–H groups in total. The van der Waals surface area contributed by atoms with Gasteiger partial charge in [-0.15, -0.1) is 0 Å². The molecule has 1 atom stereocenters. The summed E-state index contributed by atoms with van der Waals surface area (Å²) in [6.45, 7) is 6.87. The van der Waals surface area contributed by atoms with E-state index in [0.29, 0.717) is 19.8 Å². The Bertz CT molecular complexity index is 604. The molecule has 1 unspecified atom stereocenters. The SMILES string of the molecule is CCOc1cc2c(cc1OCC)C[NH+](CC(=O)NCC(N)=O)CC2. The van der Waals surface area contributed by atoms with Crippen molar-refractivity contribution in [3.63, 3.8) is 0 Å². The molecule has 132 valence electrons. The summed E-state index contributed by atoms with van der Waals surface area (Å²) in [5.74, 6) is 0.827. The zero-order chi connectivity index (χ0) is 17.5. The van der Waals surface area contributed by atoms with Crippen LogP contribution >= 0.6 is 0 Å². The van der Waals surface area contributed by atoms with E-state index in [1.54, 1.807) is 0 Å². The molecular weight excluding hydrogens is 310 g/mol. The van der Waals surface area contributed by atoms with Crippen LogP contribution in [0.1, 0.15) is 25.0 Å². The smallest absolute Gasteiger partial charge is 0.275 e. The number of nitrogens with one attached hydrogen (secondary N) is 2. The summed E-state index contributed by atoms with van der Waals surface area (Å²) in [6, 6.07) is 4.07. The van der Waals surface area contributed by atoms with Crippen LogP contribution in [0.4, 0.5) is 0 Å². The van der Waals surface area contributed by atoms with E-state index in [9.17, 15) is 9.59 Å². The minimum Gasteiger partial charge on any atom is -0.490 e. The number of ether oxygens (including phenoxy) is 2. The van der Waals surface area contributed by atoms with E-state index in [1.807, 2.05) is 26.0 Å². The van der Waals surface area contributed by atoms with E-state index in [-0.39, 0.29) is 12.5 Å². The van der Waals surface area contributed by atoms with Gasteiger partial charge >= 0.3 is 0 Å². The number of hydrogen-bond acceptors (Lipinski definition) is 4. The maximum Gasteiger partial charge on any atom is 0.275 e. The summed E-state index contributed by atoms with van der Waals surface area (Å²) in [5, 5.41) is 2.53. The largest absolute Gasteiger partial charge is 0.490 e. The average molecular weight is 336 g/mol. The van der Waals surface area contributed by atoms with Crippen LogP contribution < -0.4 is 25.4 Å². The average Bonchev–Trinajstić information content (AvgIpc) is 2.54. The highest BCUT2D eigenvalue weighted by Crippen LogP contribution is 2.32. The van der Waals surface area contributed by atoms with Crippen LogP contribution in [0.25, 0.3) is 0 Å². The Kier molecular flexibility index (Phi) is 6.43. The van der Waals surface area contributed by atoms with Crippen molar-refractivity contribution in [2.24, 2.45) is 5.73 Å². The highest BCUT2D eigenvalue weighted by atomic mass is 16.5. The molecule has 24 heavy (non-hydrogen) atoms. The first-order valence-corrected chi connectivity index (χ1v) is 8.33. The number of quaternary nitrogens is 1. The van der Waals surface area contributed by atoms with E-state index in [4.69, 9.17) is 15.2 Å². The topological polar surface area (TPSA) is 95.1 Å². The highest BCUT2D eigenvalue weighted by molar-refractivity contribution is 5.84. The molecule has 1 heterocycles. The zero-order valence-electron chi connectivity index (χ0n) is 14.3. The van der Waals surface area contributed by atoms with Crippen molar-refractivity contribution in [3.05, 3.63) is 23.3 Å². The molecule has 7 heteroatoms. The molecular formula is C17H26N3O4+. The number of amides is 2. The number of nitrogens with two attached hydrogens (primary N) is 1. The number of carbonyl (C=O) groups excluding carboxylic acids is 2. The van der Waals surface area contributed by atoms with Crippen LogP contribution in [-0.2, 0) is 22.6 Å². The van der Waals surface area contributed by atoms with Crippen molar-refractivity contribution in [2.75, 3.05) is 32.8 Å². The second-order valence-electron chi connectivity index (χ2n) is 5.78. The molecule has 1 aliphatic heterocycles. The van der Waals surface area contributed by atoms with E-state index >= 15 is 0 Å². The molecule has 0 aromatic heterocycles. The zero-order valence-corrected chi connectivity index (χ0v) is 14.3. The Balaban J connectivity index is 2.05. The number of rotatable bonds is 8. The van der Waals surface area contributed by atoms with Crippen LogP contribution in [0.3, 0.4) is 0 Å². The van der Waals surface area contributed by atoms with Gasteiger partial charge in [-0.1, -0.05) is 0 Å². The molecule has 0 aliphatic carbocycles. The van der Waals surface area contributed by atoms with Crippen molar-refractivity contribution in [1.29, 1.82) is 0 Å². The Morgan fingerprint density at radius 3 is 2.38 bits per heavy atom. The van der Waals surface area contributed by atoms with Crippen molar-refractivity contribution in [2.45, 2.75) is 26.8 Å². The lowest BCUT2D eigenvalue weighted by molar-refractivity contribution is -0.908. The monoisotopic (exact) mass is 336 g/mol. The molecule has 0 spiro atoms. The molecule has 2 amide bonds.